The molecule has 21 heavy (non-hydrogen) atoms. The minimum absolute atomic E-state index is 0.288. The first-order valence-corrected chi connectivity index (χ1v) is 7.04. The van der Waals surface area contributed by atoms with Gasteiger partial charge in [0.2, 0.25) is 0 Å². The number of hydrogen-bond acceptors (Lipinski definition) is 3. The molecule has 1 heterocycles. The van der Waals surface area contributed by atoms with E-state index < -0.39 is 0 Å². The Kier molecular flexibility index (Phi) is 2.71. The molecule has 3 aromatic rings. The lowest BCUT2D eigenvalue weighted by molar-refractivity contribution is 0.482. The predicted molar refractivity (Wildman–Crippen MR) is 83.1 cm³/mol. The number of aromatic hydroxyl groups is 1. The highest BCUT2D eigenvalue weighted by Gasteiger charge is 2.15. The molecule has 0 fully saturated rings. The zero-order valence-electron chi connectivity index (χ0n) is 11.5. The molecule has 0 aromatic heterocycles. The molecule has 0 unspecified atom stereocenters. The van der Waals surface area contributed by atoms with Crippen LogP contribution >= 0.6 is 0 Å². The van der Waals surface area contributed by atoms with Gasteiger partial charge in [-0.2, -0.15) is 0 Å². The summed E-state index contributed by atoms with van der Waals surface area (Å²) in [5.41, 5.74) is 1.76. The van der Waals surface area contributed by atoms with E-state index in [1.807, 2.05) is 54.6 Å². The average Bonchev–Trinajstić information content (AvgIpc) is 2.56. The Bertz CT molecular complexity index is 946. The Morgan fingerprint density at radius 3 is 2.10 bits per heavy atom. The molecule has 1 N–H and O–H groups in total. The quantitative estimate of drug-likeness (QED) is 0.728. The summed E-state index contributed by atoms with van der Waals surface area (Å²) in [5.74, 6) is 0.288. The third-order valence-electron chi connectivity index (χ3n) is 3.84. The number of hydrogen-bond donors (Lipinski definition) is 1. The molecule has 4 rings (SSSR count). The summed E-state index contributed by atoms with van der Waals surface area (Å²) >= 11 is 0. The number of rotatable bonds is 1. The summed E-state index contributed by atoms with van der Waals surface area (Å²) in [6.45, 7) is 1.38. The Morgan fingerprint density at radius 2 is 1.33 bits per heavy atom. The Hall–Kier alpha value is -2.68. The summed E-state index contributed by atoms with van der Waals surface area (Å²) < 4.78 is 0. The molecule has 0 bridgehead atoms. The molecular weight excluding hydrogens is 260 g/mol. The molecule has 0 saturated heterocycles. The zero-order valence-corrected chi connectivity index (χ0v) is 11.5. The van der Waals surface area contributed by atoms with E-state index in [0.717, 1.165) is 32.6 Å². The maximum absolute atomic E-state index is 10.8. The van der Waals surface area contributed by atoms with E-state index in [-0.39, 0.29) is 5.75 Å². The van der Waals surface area contributed by atoms with E-state index >= 15 is 0 Å². The Balaban J connectivity index is 2.25. The minimum Gasteiger partial charge on any atom is -0.507 e. The van der Waals surface area contributed by atoms with E-state index in [9.17, 15) is 5.11 Å². The van der Waals surface area contributed by atoms with Gasteiger partial charge in [0, 0.05) is 10.8 Å². The molecule has 0 radical (unpaired) electrons. The molecule has 0 spiro atoms. The standard InChI is InChI=1S/C18H14N2O/c21-18-14-9-5-4-8-13(14)16-17(20-11-10-19-16)15(18)12-6-2-1-3-7-12/h1-9,21H,10-11H2. The van der Waals surface area contributed by atoms with Crippen molar-refractivity contribution in [3.63, 3.8) is 0 Å². The molecule has 3 aromatic carbocycles. The van der Waals surface area contributed by atoms with Crippen molar-refractivity contribution in [3.05, 3.63) is 65.3 Å². The van der Waals surface area contributed by atoms with Crippen molar-refractivity contribution in [2.24, 2.45) is 9.98 Å². The lowest BCUT2D eigenvalue weighted by atomic mass is 9.97. The second kappa shape index (κ2) is 4.70. The molecule has 3 heteroatoms. The molecule has 0 atom stereocenters. The fourth-order valence-electron chi connectivity index (χ4n) is 2.90. The van der Waals surface area contributed by atoms with E-state index in [2.05, 4.69) is 9.98 Å². The van der Waals surface area contributed by atoms with Crippen molar-refractivity contribution in [3.8, 4) is 16.9 Å². The zero-order chi connectivity index (χ0) is 14.2. The fourth-order valence-corrected chi connectivity index (χ4v) is 2.90. The van der Waals surface area contributed by atoms with Gasteiger partial charge in [0.05, 0.1) is 29.4 Å². The molecule has 1 aliphatic heterocycles. The minimum atomic E-state index is 0.288. The molecule has 0 saturated carbocycles. The van der Waals surface area contributed by atoms with Crippen molar-refractivity contribution < 1.29 is 5.11 Å². The second-order valence-electron chi connectivity index (χ2n) is 5.10. The van der Waals surface area contributed by atoms with Crippen LogP contribution in [0.5, 0.6) is 5.75 Å². The van der Waals surface area contributed by atoms with E-state index in [4.69, 9.17) is 0 Å². The predicted octanol–water partition coefficient (Wildman–Crippen LogP) is 2.47. The van der Waals surface area contributed by atoms with Gasteiger partial charge in [0.15, 0.2) is 0 Å². The van der Waals surface area contributed by atoms with Gasteiger partial charge in [-0.25, -0.2) is 0 Å². The summed E-state index contributed by atoms with van der Waals surface area (Å²) in [5, 5.41) is 14.3. The Morgan fingerprint density at radius 1 is 0.714 bits per heavy atom. The van der Waals surface area contributed by atoms with Gasteiger partial charge >= 0.3 is 0 Å². The van der Waals surface area contributed by atoms with Gasteiger partial charge in [-0.15, -0.1) is 0 Å². The van der Waals surface area contributed by atoms with Gasteiger partial charge in [-0.1, -0.05) is 54.6 Å². The van der Waals surface area contributed by atoms with Crippen molar-refractivity contribution >= 4 is 10.8 Å². The lowest BCUT2D eigenvalue weighted by Crippen LogP contribution is -2.32. The second-order valence-corrected chi connectivity index (χ2v) is 5.10. The topological polar surface area (TPSA) is 45.0 Å². The summed E-state index contributed by atoms with van der Waals surface area (Å²) in [7, 11) is 0. The molecule has 3 nitrogen and oxygen atoms in total. The number of phenolic OH excluding ortho intramolecular Hbond substituents is 1. The lowest BCUT2D eigenvalue weighted by Gasteiger charge is -2.12. The summed E-state index contributed by atoms with van der Waals surface area (Å²) in [4.78, 5) is 9.27. The van der Waals surface area contributed by atoms with Crippen molar-refractivity contribution in [2.75, 3.05) is 13.1 Å². The number of fused-ring (bicyclic) bond motifs is 3. The van der Waals surface area contributed by atoms with Gasteiger partial charge in [-0.3, -0.25) is 9.98 Å². The van der Waals surface area contributed by atoms with Crippen LogP contribution in [-0.4, -0.2) is 18.2 Å². The SMILES string of the molecule is Oc1c(-c2ccccc2)c2c(c3ccccc13)=NCCN=2. The van der Waals surface area contributed by atoms with Crippen LogP contribution in [0.4, 0.5) is 0 Å². The number of benzene rings is 3. The van der Waals surface area contributed by atoms with Gasteiger partial charge < -0.3 is 5.11 Å². The fraction of sp³-hybridized carbons (Fsp3) is 0.111. The van der Waals surface area contributed by atoms with Crippen molar-refractivity contribution in [1.29, 1.82) is 0 Å². The molecule has 0 aliphatic carbocycles. The average molecular weight is 274 g/mol. The normalized spacial score (nSPS) is 13.3. The highest BCUT2D eigenvalue weighted by atomic mass is 16.3. The largest absolute Gasteiger partial charge is 0.507 e. The van der Waals surface area contributed by atoms with Crippen LogP contribution in [-0.2, 0) is 0 Å². The number of nitrogens with zero attached hydrogens (tertiary/aromatic N) is 2. The van der Waals surface area contributed by atoms with Crippen molar-refractivity contribution in [2.45, 2.75) is 0 Å². The molecule has 102 valence electrons. The van der Waals surface area contributed by atoms with E-state index in [0.29, 0.717) is 13.1 Å². The van der Waals surface area contributed by atoms with Gasteiger partial charge in [-0.05, 0) is 5.56 Å². The molecule has 0 amide bonds. The summed E-state index contributed by atoms with van der Waals surface area (Å²) in [6.07, 6.45) is 0. The van der Waals surface area contributed by atoms with Crippen molar-refractivity contribution in [1.82, 2.24) is 0 Å². The third kappa shape index (κ3) is 1.82. The first-order valence-electron chi connectivity index (χ1n) is 7.04. The molecule has 1 aliphatic rings. The van der Waals surface area contributed by atoms with Crippen LogP contribution in [0.3, 0.4) is 0 Å². The molecular formula is C18H14N2O. The Labute approximate surface area is 121 Å². The maximum atomic E-state index is 10.8. The first-order chi connectivity index (χ1) is 10.4. The number of phenols is 1. The van der Waals surface area contributed by atoms with Crippen LogP contribution in [0.1, 0.15) is 0 Å². The monoisotopic (exact) mass is 274 g/mol. The van der Waals surface area contributed by atoms with Gasteiger partial charge in [0.1, 0.15) is 5.75 Å². The first kappa shape index (κ1) is 12.1. The van der Waals surface area contributed by atoms with Gasteiger partial charge in [0.25, 0.3) is 0 Å². The van der Waals surface area contributed by atoms with Crippen LogP contribution in [0, 0.1) is 0 Å². The smallest absolute Gasteiger partial charge is 0.133 e. The van der Waals surface area contributed by atoms with E-state index in [1.165, 1.54) is 0 Å². The highest BCUT2D eigenvalue weighted by Crippen LogP contribution is 2.31. The van der Waals surface area contributed by atoms with Crippen LogP contribution in [0.25, 0.3) is 21.9 Å². The van der Waals surface area contributed by atoms with Crippen LogP contribution < -0.4 is 10.7 Å². The highest BCUT2D eigenvalue weighted by molar-refractivity contribution is 5.94. The maximum Gasteiger partial charge on any atom is 0.133 e. The van der Waals surface area contributed by atoms with Crippen LogP contribution in [0.2, 0.25) is 0 Å². The van der Waals surface area contributed by atoms with E-state index in [1.54, 1.807) is 0 Å². The summed E-state index contributed by atoms with van der Waals surface area (Å²) in [6, 6.07) is 17.7. The van der Waals surface area contributed by atoms with Crippen LogP contribution in [0.15, 0.2) is 64.6 Å². The third-order valence-corrected chi connectivity index (χ3v) is 3.84.